The third-order valence-corrected chi connectivity index (χ3v) is 11.9. The fourth-order valence-electron chi connectivity index (χ4n) is 5.19. The predicted molar refractivity (Wildman–Crippen MR) is 182 cm³/mol. The molecule has 0 saturated heterocycles. The summed E-state index contributed by atoms with van der Waals surface area (Å²) in [6.07, 6.45) is 0. The lowest BCUT2D eigenvalue weighted by Crippen LogP contribution is -2.00. The minimum atomic E-state index is 0.777. The molecule has 0 bridgehead atoms. The summed E-state index contributed by atoms with van der Waals surface area (Å²) in [6.45, 7) is 0. The molecule has 6 aromatic rings. The molecule has 214 valence electrons. The molecular formula is C34H22N4O2S4. The van der Waals surface area contributed by atoms with Crippen molar-refractivity contribution >= 4 is 80.3 Å². The van der Waals surface area contributed by atoms with Crippen LogP contribution in [0.3, 0.4) is 0 Å². The maximum Gasteiger partial charge on any atom is 0.135 e. The van der Waals surface area contributed by atoms with Gasteiger partial charge in [-0.3, -0.25) is 0 Å². The quantitative estimate of drug-likeness (QED) is 0.181. The lowest BCUT2D eigenvalue weighted by molar-refractivity contribution is 0.413. The summed E-state index contributed by atoms with van der Waals surface area (Å²) in [5.41, 5.74) is 7.51. The van der Waals surface area contributed by atoms with Gasteiger partial charge in [0.2, 0.25) is 0 Å². The molecule has 0 aliphatic carbocycles. The highest BCUT2D eigenvalue weighted by molar-refractivity contribution is 8.25. The number of fused-ring (bicyclic) bond motifs is 4. The molecular weight excluding hydrogens is 625 g/mol. The monoisotopic (exact) mass is 646 g/mol. The van der Waals surface area contributed by atoms with E-state index in [1.165, 1.54) is 0 Å². The van der Waals surface area contributed by atoms with E-state index in [-0.39, 0.29) is 0 Å². The fraction of sp³-hybridized carbons (Fsp3) is 0.0588. The van der Waals surface area contributed by atoms with Gasteiger partial charge in [-0.05, 0) is 36.4 Å². The minimum absolute atomic E-state index is 0.777. The maximum absolute atomic E-state index is 5.97. The van der Waals surface area contributed by atoms with E-state index >= 15 is 0 Å². The first-order valence-corrected chi connectivity index (χ1v) is 17.0. The molecule has 0 N–H and O–H groups in total. The molecule has 0 spiro atoms. The smallest absolute Gasteiger partial charge is 0.135 e. The van der Waals surface area contributed by atoms with E-state index in [0.717, 1.165) is 84.4 Å². The Kier molecular flexibility index (Phi) is 7.22. The molecule has 4 heterocycles. The Morgan fingerprint density at radius 1 is 0.432 bits per heavy atom. The van der Waals surface area contributed by atoms with Gasteiger partial charge in [-0.2, -0.15) is 0 Å². The molecule has 0 radical (unpaired) electrons. The van der Waals surface area contributed by atoms with Crippen LogP contribution in [-0.2, 0) is 0 Å². The highest BCUT2D eigenvalue weighted by Crippen LogP contribution is 2.61. The van der Waals surface area contributed by atoms with Gasteiger partial charge in [-0.25, -0.2) is 19.9 Å². The molecule has 6 nitrogen and oxygen atoms in total. The molecule has 0 amide bonds. The van der Waals surface area contributed by atoms with Gasteiger partial charge < -0.3 is 9.47 Å². The standard InChI is InChI=1S/C34H22N4O2S4/c1-39-25-17-9-3-11-19(25)27(33-41-29-30(42-33)36-22-14-6-5-13-21(22)35-29)28(20-12-4-10-18-26(20)40-2)34-43-31-32(44-34)38-24-16-8-7-15-23(24)37-31/h3-18H,1-2H3. The Labute approximate surface area is 270 Å². The zero-order valence-electron chi connectivity index (χ0n) is 23.5. The van der Waals surface area contributed by atoms with Crippen LogP contribution in [-0.4, -0.2) is 34.2 Å². The highest BCUT2D eigenvalue weighted by Gasteiger charge is 2.34. The van der Waals surface area contributed by atoms with Crippen molar-refractivity contribution in [1.29, 1.82) is 0 Å². The van der Waals surface area contributed by atoms with Crippen molar-refractivity contribution in [3.8, 4) is 11.5 Å². The van der Waals surface area contributed by atoms with Crippen molar-refractivity contribution in [2.45, 2.75) is 20.1 Å². The molecule has 44 heavy (non-hydrogen) atoms. The Hall–Kier alpha value is -3.96. The van der Waals surface area contributed by atoms with Gasteiger partial charge in [-0.1, -0.05) is 108 Å². The van der Waals surface area contributed by atoms with Crippen LogP contribution in [0.5, 0.6) is 11.5 Å². The summed E-state index contributed by atoms with van der Waals surface area (Å²) >= 11 is 6.57. The van der Waals surface area contributed by atoms with E-state index in [9.17, 15) is 0 Å². The van der Waals surface area contributed by atoms with Crippen molar-refractivity contribution in [2.75, 3.05) is 14.2 Å². The second-order valence-electron chi connectivity index (χ2n) is 9.78. The molecule has 2 aromatic heterocycles. The molecule has 8 rings (SSSR count). The normalized spacial score (nSPS) is 13.7. The first kappa shape index (κ1) is 27.6. The van der Waals surface area contributed by atoms with Gasteiger partial charge in [-0.15, -0.1) is 0 Å². The van der Waals surface area contributed by atoms with Crippen LogP contribution in [0.1, 0.15) is 11.1 Å². The van der Waals surface area contributed by atoms with Crippen LogP contribution in [0.25, 0.3) is 33.2 Å². The van der Waals surface area contributed by atoms with E-state index in [4.69, 9.17) is 29.4 Å². The number of aromatic nitrogens is 4. The Morgan fingerprint density at radius 3 is 1.05 bits per heavy atom. The Bertz CT molecular complexity index is 1940. The van der Waals surface area contributed by atoms with Gasteiger partial charge in [0, 0.05) is 22.3 Å². The number of nitrogens with zero attached hydrogens (tertiary/aromatic N) is 4. The minimum Gasteiger partial charge on any atom is -0.496 e. The van der Waals surface area contributed by atoms with Crippen molar-refractivity contribution in [3.05, 3.63) is 117 Å². The van der Waals surface area contributed by atoms with Gasteiger partial charge in [0.1, 0.15) is 31.6 Å². The van der Waals surface area contributed by atoms with E-state index < -0.39 is 0 Å². The third kappa shape index (κ3) is 4.82. The number of thioether (sulfide) groups is 4. The first-order valence-electron chi connectivity index (χ1n) is 13.7. The number of para-hydroxylation sites is 6. The van der Waals surface area contributed by atoms with E-state index in [1.54, 1.807) is 61.3 Å². The zero-order chi connectivity index (χ0) is 29.6. The van der Waals surface area contributed by atoms with Crippen molar-refractivity contribution in [1.82, 2.24) is 19.9 Å². The zero-order valence-corrected chi connectivity index (χ0v) is 26.7. The van der Waals surface area contributed by atoms with Crippen LogP contribution >= 0.6 is 47.0 Å². The molecule has 0 unspecified atom stereocenters. The number of rotatable bonds is 5. The Morgan fingerprint density at radius 2 is 0.727 bits per heavy atom. The van der Waals surface area contributed by atoms with E-state index in [2.05, 4.69) is 12.1 Å². The number of hydrogen-bond donors (Lipinski definition) is 0. The molecule has 2 aliphatic rings. The summed E-state index contributed by atoms with van der Waals surface area (Å²) in [7, 11) is 3.43. The van der Waals surface area contributed by atoms with Crippen molar-refractivity contribution < 1.29 is 9.47 Å². The summed E-state index contributed by atoms with van der Waals surface area (Å²) in [5, 5.41) is 3.57. The summed E-state index contributed by atoms with van der Waals surface area (Å²) in [5.74, 6) is 1.55. The highest BCUT2D eigenvalue weighted by atomic mass is 32.2. The molecule has 0 saturated carbocycles. The lowest BCUT2D eigenvalue weighted by Gasteiger charge is -2.21. The van der Waals surface area contributed by atoms with Gasteiger partial charge in [0.25, 0.3) is 0 Å². The topological polar surface area (TPSA) is 70.0 Å². The van der Waals surface area contributed by atoms with Gasteiger partial charge >= 0.3 is 0 Å². The van der Waals surface area contributed by atoms with Crippen molar-refractivity contribution in [2.24, 2.45) is 0 Å². The maximum atomic E-state index is 5.97. The molecule has 2 aliphatic heterocycles. The molecule has 0 atom stereocenters. The second-order valence-corrected chi connectivity index (χ2v) is 14.3. The second kappa shape index (κ2) is 11.5. The average molecular weight is 647 g/mol. The summed E-state index contributed by atoms with van der Waals surface area (Å²) < 4.78 is 14.1. The number of allylic oxidation sites excluding steroid dienone is 2. The number of ether oxygens (including phenoxy) is 2. The Balaban J connectivity index is 1.40. The van der Waals surface area contributed by atoms with Crippen LogP contribution in [0.2, 0.25) is 0 Å². The largest absolute Gasteiger partial charge is 0.496 e. The molecule has 0 fully saturated rings. The van der Waals surface area contributed by atoms with Gasteiger partial charge in [0.15, 0.2) is 0 Å². The van der Waals surface area contributed by atoms with Crippen molar-refractivity contribution in [3.63, 3.8) is 0 Å². The summed E-state index contributed by atoms with van der Waals surface area (Å²) in [6, 6.07) is 32.3. The summed E-state index contributed by atoms with van der Waals surface area (Å²) in [4.78, 5) is 20.0. The van der Waals surface area contributed by atoms with E-state index in [0.29, 0.717) is 0 Å². The third-order valence-electron chi connectivity index (χ3n) is 7.19. The first-order chi connectivity index (χ1) is 21.7. The molecule has 10 heteroatoms. The lowest BCUT2D eigenvalue weighted by atomic mass is 9.93. The fourth-order valence-corrected chi connectivity index (χ4v) is 10.0. The number of benzene rings is 4. The van der Waals surface area contributed by atoms with E-state index in [1.807, 2.05) is 84.9 Å². The number of hydrogen-bond acceptors (Lipinski definition) is 10. The molecule has 4 aromatic carbocycles. The van der Waals surface area contributed by atoms with Crippen LogP contribution < -0.4 is 9.47 Å². The van der Waals surface area contributed by atoms with Crippen LogP contribution in [0.15, 0.2) is 126 Å². The number of methoxy groups -OCH3 is 2. The average Bonchev–Trinajstić information content (AvgIpc) is 3.67. The van der Waals surface area contributed by atoms with Gasteiger partial charge in [0.05, 0.1) is 44.8 Å². The SMILES string of the molecule is COc1ccccc1C(=C1Sc2nc3ccccc3nc2S1)C(=C1Sc2nc3ccccc3nc2S1)c1ccccc1OC. The van der Waals surface area contributed by atoms with Crippen LogP contribution in [0, 0.1) is 0 Å². The van der Waals surface area contributed by atoms with Crippen LogP contribution in [0.4, 0.5) is 0 Å². The predicted octanol–water partition coefficient (Wildman–Crippen LogP) is 9.42.